The van der Waals surface area contributed by atoms with Crippen LogP contribution in [0.15, 0.2) is 30.3 Å². The van der Waals surface area contributed by atoms with E-state index < -0.39 is 0 Å². The van der Waals surface area contributed by atoms with Gasteiger partial charge in [-0.3, -0.25) is 4.98 Å². The Hall–Kier alpha value is -1.82. The first-order valence-corrected chi connectivity index (χ1v) is 10.6. The number of aromatic nitrogens is 2. The molecular formula is C22H27N3OS. The second-order valence-corrected chi connectivity index (χ2v) is 8.68. The average Bonchev–Trinajstić information content (AvgIpc) is 3.02. The highest BCUT2D eigenvalue weighted by atomic mass is 32.1. The molecule has 1 aliphatic rings. The highest BCUT2D eigenvalue weighted by Gasteiger charge is 2.32. The molecule has 2 aromatic heterocycles. The molecule has 2 N–H and O–H groups in total. The second kappa shape index (κ2) is 8.05. The summed E-state index contributed by atoms with van der Waals surface area (Å²) in [6, 6.07) is 10.8. The van der Waals surface area contributed by atoms with Gasteiger partial charge in [-0.25, -0.2) is 4.98 Å². The molecule has 0 unspecified atom stereocenters. The molecule has 3 aromatic rings. The number of aliphatic hydroxyl groups is 1. The number of fused-ring (bicyclic) bond motifs is 1. The topological polar surface area (TPSA) is 58.0 Å². The molecule has 4 nitrogen and oxygen atoms in total. The van der Waals surface area contributed by atoms with Gasteiger partial charge in [0.2, 0.25) is 0 Å². The van der Waals surface area contributed by atoms with Gasteiger partial charge in [0, 0.05) is 29.4 Å². The van der Waals surface area contributed by atoms with Gasteiger partial charge in [-0.1, -0.05) is 12.1 Å². The standard InChI is InChI=1S/C22H27N3OS/c1-14-3-5-19(15(2)24-14)17-4-6-20-21(13-17)27-22(25-20)18-11-16(12-18)7-8-23-9-10-26/h3-6,13,16,18,23,26H,7-12H2,1-2H3. The molecular weight excluding hydrogens is 354 g/mol. The van der Waals surface area contributed by atoms with Crippen molar-refractivity contribution in [1.29, 1.82) is 0 Å². The summed E-state index contributed by atoms with van der Waals surface area (Å²) in [6.07, 6.45) is 3.69. The molecule has 5 heteroatoms. The summed E-state index contributed by atoms with van der Waals surface area (Å²) >= 11 is 1.85. The molecule has 0 bridgehead atoms. The Morgan fingerprint density at radius 1 is 1.11 bits per heavy atom. The quantitative estimate of drug-likeness (QED) is 0.594. The summed E-state index contributed by atoms with van der Waals surface area (Å²) in [5.74, 6) is 1.42. The molecule has 0 aliphatic heterocycles. The lowest BCUT2D eigenvalue weighted by Gasteiger charge is -2.34. The number of thiazole rings is 1. The van der Waals surface area contributed by atoms with Gasteiger partial charge in [-0.05, 0) is 69.3 Å². The van der Waals surface area contributed by atoms with Crippen molar-refractivity contribution in [3.05, 3.63) is 46.7 Å². The molecule has 4 rings (SSSR count). The van der Waals surface area contributed by atoms with Gasteiger partial charge in [0.05, 0.1) is 21.8 Å². The second-order valence-electron chi connectivity index (χ2n) is 7.62. The molecule has 142 valence electrons. The van der Waals surface area contributed by atoms with E-state index in [4.69, 9.17) is 10.1 Å². The average molecular weight is 382 g/mol. The van der Waals surface area contributed by atoms with Crippen LogP contribution >= 0.6 is 11.3 Å². The van der Waals surface area contributed by atoms with Crippen molar-refractivity contribution >= 4 is 21.6 Å². The molecule has 0 radical (unpaired) electrons. The van der Waals surface area contributed by atoms with Gasteiger partial charge in [0.1, 0.15) is 0 Å². The first kappa shape index (κ1) is 18.5. The van der Waals surface area contributed by atoms with Crippen LogP contribution in [0.5, 0.6) is 0 Å². The number of nitrogens with one attached hydrogen (secondary N) is 1. The minimum Gasteiger partial charge on any atom is -0.395 e. The van der Waals surface area contributed by atoms with E-state index in [1.54, 1.807) is 0 Å². The van der Waals surface area contributed by atoms with E-state index in [9.17, 15) is 0 Å². The van der Waals surface area contributed by atoms with Gasteiger partial charge in [-0.15, -0.1) is 11.3 Å². The number of aliphatic hydroxyl groups excluding tert-OH is 1. The van der Waals surface area contributed by atoms with Gasteiger partial charge < -0.3 is 10.4 Å². The number of hydrogen-bond acceptors (Lipinski definition) is 5. The fraction of sp³-hybridized carbons (Fsp3) is 0.455. The molecule has 1 saturated carbocycles. The van der Waals surface area contributed by atoms with Crippen molar-refractivity contribution in [2.75, 3.05) is 19.7 Å². The largest absolute Gasteiger partial charge is 0.395 e. The lowest BCUT2D eigenvalue weighted by Crippen LogP contribution is -2.27. The lowest BCUT2D eigenvalue weighted by atomic mass is 9.73. The maximum atomic E-state index is 8.81. The Labute approximate surface area is 164 Å². The molecule has 0 spiro atoms. The third-order valence-electron chi connectivity index (χ3n) is 5.54. The van der Waals surface area contributed by atoms with Gasteiger partial charge >= 0.3 is 0 Å². The van der Waals surface area contributed by atoms with Crippen molar-refractivity contribution in [3.63, 3.8) is 0 Å². The summed E-state index contributed by atoms with van der Waals surface area (Å²) in [5.41, 5.74) is 5.68. The van der Waals surface area contributed by atoms with E-state index in [1.807, 2.05) is 18.3 Å². The first-order chi connectivity index (χ1) is 13.1. The fourth-order valence-corrected chi connectivity index (χ4v) is 5.09. The third-order valence-corrected chi connectivity index (χ3v) is 6.72. The number of rotatable bonds is 7. The van der Waals surface area contributed by atoms with Crippen LogP contribution in [-0.4, -0.2) is 34.8 Å². The molecule has 1 fully saturated rings. The maximum Gasteiger partial charge on any atom is 0.0969 e. The monoisotopic (exact) mass is 381 g/mol. The number of benzene rings is 1. The van der Waals surface area contributed by atoms with Crippen molar-refractivity contribution in [2.24, 2.45) is 5.92 Å². The summed E-state index contributed by atoms with van der Waals surface area (Å²) in [5, 5.41) is 13.4. The van der Waals surface area contributed by atoms with Crippen LogP contribution in [-0.2, 0) is 0 Å². The van der Waals surface area contributed by atoms with Crippen LogP contribution in [0.4, 0.5) is 0 Å². The fourth-order valence-electron chi connectivity index (χ4n) is 3.96. The Kier molecular flexibility index (Phi) is 5.53. The zero-order chi connectivity index (χ0) is 18.8. The zero-order valence-corrected chi connectivity index (χ0v) is 16.9. The van der Waals surface area contributed by atoms with Crippen molar-refractivity contribution in [1.82, 2.24) is 15.3 Å². The predicted octanol–water partition coefficient (Wildman–Crippen LogP) is 4.44. The molecule has 1 aromatic carbocycles. The van der Waals surface area contributed by atoms with Crippen LogP contribution in [0.3, 0.4) is 0 Å². The Balaban J connectivity index is 1.45. The number of nitrogens with zero attached hydrogens (tertiary/aromatic N) is 2. The summed E-state index contributed by atoms with van der Waals surface area (Å²) < 4.78 is 1.27. The molecule has 1 aliphatic carbocycles. The molecule has 27 heavy (non-hydrogen) atoms. The van der Waals surface area contributed by atoms with Crippen LogP contribution in [0.2, 0.25) is 0 Å². The summed E-state index contributed by atoms with van der Waals surface area (Å²) in [6.45, 7) is 6.04. The smallest absolute Gasteiger partial charge is 0.0969 e. The van der Waals surface area contributed by atoms with E-state index >= 15 is 0 Å². The Morgan fingerprint density at radius 3 is 2.74 bits per heavy atom. The van der Waals surface area contributed by atoms with Crippen molar-refractivity contribution in [3.8, 4) is 11.1 Å². The molecule has 0 amide bonds. The van der Waals surface area contributed by atoms with Crippen molar-refractivity contribution < 1.29 is 5.11 Å². The van der Waals surface area contributed by atoms with Crippen LogP contribution in [0.1, 0.15) is 41.6 Å². The lowest BCUT2D eigenvalue weighted by molar-refractivity contribution is 0.240. The van der Waals surface area contributed by atoms with Crippen molar-refractivity contribution in [2.45, 2.75) is 39.0 Å². The summed E-state index contributed by atoms with van der Waals surface area (Å²) in [7, 11) is 0. The third kappa shape index (κ3) is 4.05. The zero-order valence-electron chi connectivity index (χ0n) is 16.0. The predicted molar refractivity (Wildman–Crippen MR) is 112 cm³/mol. The van der Waals surface area contributed by atoms with Gasteiger partial charge in [-0.2, -0.15) is 0 Å². The van der Waals surface area contributed by atoms with Gasteiger partial charge in [0.15, 0.2) is 0 Å². The SMILES string of the molecule is Cc1ccc(-c2ccc3nc(C4CC(CCNCCO)C4)sc3c2)c(C)n1. The minimum absolute atomic E-state index is 0.221. The normalized spacial score (nSPS) is 19.4. The maximum absolute atomic E-state index is 8.81. The van der Waals surface area contributed by atoms with Crippen LogP contribution in [0.25, 0.3) is 21.3 Å². The molecule has 2 heterocycles. The minimum atomic E-state index is 0.221. The Bertz CT molecular complexity index is 930. The highest BCUT2D eigenvalue weighted by molar-refractivity contribution is 7.18. The van der Waals surface area contributed by atoms with E-state index in [1.165, 1.54) is 40.1 Å². The molecule has 0 atom stereocenters. The van der Waals surface area contributed by atoms with Crippen LogP contribution in [0, 0.1) is 19.8 Å². The van der Waals surface area contributed by atoms with Gasteiger partial charge in [0.25, 0.3) is 0 Å². The highest BCUT2D eigenvalue weighted by Crippen LogP contribution is 2.45. The summed E-state index contributed by atoms with van der Waals surface area (Å²) in [4.78, 5) is 9.50. The van der Waals surface area contributed by atoms with E-state index in [2.05, 4.69) is 47.6 Å². The molecule has 0 saturated heterocycles. The Morgan fingerprint density at radius 2 is 1.96 bits per heavy atom. The number of aryl methyl sites for hydroxylation is 2. The van der Waals surface area contributed by atoms with E-state index in [0.29, 0.717) is 12.5 Å². The number of pyridine rings is 1. The first-order valence-electron chi connectivity index (χ1n) is 9.80. The van der Waals surface area contributed by atoms with Crippen LogP contribution < -0.4 is 5.32 Å². The van der Waals surface area contributed by atoms with E-state index in [-0.39, 0.29) is 6.61 Å². The number of hydrogen-bond donors (Lipinski definition) is 2. The van der Waals surface area contributed by atoms with E-state index in [0.717, 1.165) is 29.4 Å².